The lowest BCUT2D eigenvalue weighted by atomic mass is 10.1. The molecule has 22 nitrogen and oxygen atoms in total. The van der Waals surface area contributed by atoms with Crippen LogP contribution < -0.4 is 28.4 Å². The van der Waals surface area contributed by atoms with Crippen molar-refractivity contribution in [3.05, 3.63) is 157 Å². The Morgan fingerprint density at radius 1 is 0.208 bits per heavy atom. The summed E-state index contributed by atoms with van der Waals surface area (Å²) in [5.41, 5.74) is 1.78. The van der Waals surface area contributed by atoms with Gasteiger partial charge >= 0.3 is 37.1 Å². The van der Waals surface area contributed by atoms with Crippen LogP contribution in [0.5, 0.6) is 34.5 Å². The summed E-state index contributed by atoms with van der Waals surface area (Å²) < 4.78 is 275. The first kappa shape index (κ1) is 76.4. The fourth-order valence-corrected chi connectivity index (χ4v) is 13.4. The number of H-pyrrole nitrogens is 4. The van der Waals surface area contributed by atoms with E-state index in [2.05, 4.69) is 43.6 Å². The van der Waals surface area contributed by atoms with Crippen LogP contribution in [0.4, 0.5) is 79.0 Å². The van der Waals surface area contributed by atoms with E-state index in [-0.39, 0.29) is 192 Å². The molecule has 0 atom stereocenters. The third-order valence-corrected chi connectivity index (χ3v) is 18.4. The molecule has 0 spiro atoms. The van der Waals surface area contributed by atoms with E-state index in [0.29, 0.717) is 32.7 Å². The minimum absolute atomic E-state index is 0.0317. The molecule has 4 aliphatic heterocycles. The molecule has 40 heteroatoms. The van der Waals surface area contributed by atoms with E-state index >= 15 is 0 Å². The Morgan fingerprint density at radius 3 is 0.633 bits per heavy atom. The molecule has 4 aliphatic rings. The second-order valence-electron chi connectivity index (χ2n) is 26.9. The molecule has 120 heavy (non-hydrogen) atoms. The summed E-state index contributed by atoms with van der Waals surface area (Å²) in [5, 5.41) is 1.91. The molecule has 602 valence electrons. The highest BCUT2D eigenvalue weighted by Gasteiger charge is 2.36. The lowest BCUT2D eigenvalue weighted by Crippen LogP contribution is -2.19. The van der Waals surface area contributed by atoms with E-state index in [1.54, 1.807) is 36.4 Å². The van der Waals surface area contributed by atoms with E-state index in [4.69, 9.17) is 88.2 Å². The fraction of sp³-hybridized carbons (Fsp3) is 0.150. The van der Waals surface area contributed by atoms with Gasteiger partial charge < -0.3 is 48.4 Å². The van der Waals surface area contributed by atoms with Gasteiger partial charge in [0.1, 0.15) is 79.7 Å². The summed E-state index contributed by atoms with van der Waals surface area (Å²) in [6.45, 7) is -10.1. The molecule has 8 aromatic carbocycles. The van der Waals surface area contributed by atoms with Crippen molar-refractivity contribution in [3.8, 4) is 149 Å². The monoisotopic (exact) mass is 1660 g/mol. The number of benzene rings is 8. The number of rotatable bonds is 12. The quantitative estimate of drug-likeness (QED) is 0.0653. The highest BCUT2D eigenvalue weighted by Crippen LogP contribution is 2.45. The molecular formula is C80H40F18N16O6. The molecule has 14 aromatic rings. The first-order valence-corrected chi connectivity index (χ1v) is 35.0. The molecule has 0 aliphatic carbocycles. The second-order valence-corrected chi connectivity index (χ2v) is 26.9. The first-order chi connectivity index (χ1) is 57.0. The van der Waals surface area contributed by atoms with Gasteiger partial charge in [-0.3, -0.25) is 0 Å². The van der Waals surface area contributed by atoms with Crippen molar-refractivity contribution in [2.75, 3.05) is 39.6 Å². The highest BCUT2D eigenvalue weighted by atomic mass is 19.4. The van der Waals surface area contributed by atoms with Crippen molar-refractivity contribution in [1.29, 1.82) is 0 Å². The van der Waals surface area contributed by atoms with Gasteiger partial charge in [-0.1, -0.05) is 11.8 Å². The standard InChI is InChI=1S/C80H40F18N16O6/c81-75(82,83)29-115-37-7-15-45-53(23-37)71-105-61(45)101-67-51-21-35(5-13-43(51)59(99-67)103-69-55-25-39(117-31-77(87,88)89)9-17-47(55)63(107-69)111-73-57-27-41(119-33-79(93,94)95)11-19-49(57)65(109-71)113-73)3-1-2-4-36-6-14-44-52(22-36)68-100-60(44)104-70-56-26-40(118-32-78(90,91)92)10-18-48(56)64(108-70)112-74-58-28-42(120-34-80(96,97)98)12-20-50(58)66(114-74)110-72-54-24-38(116-30-76(84,85)86)8-16-46(54)62(102-68)106-72/h5-28H,29-34H2,(H2,99,101,103,105,107,109,111,113)(H2,100,102,104,106,108,110,112,114). The summed E-state index contributed by atoms with van der Waals surface area (Å²) in [5.74, 6) is 9.21. The number of hydrogen-bond donors (Lipinski definition) is 4. The molecule has 0 unspecified atom stereocenters. The van der Waals surface area contributed by atoms with Gasteiger partial charge in [-0.05, 0) is 157 Å². The van der Waals surface area contributed by atoms with E-state index in [0.717, 1.165) is 0 Å². The van der Waals surface area contributed by atoms with Crippen LogP contribution in [0.1, 0.15) is 11.1 Å². The minimum Gasteiger partial charge on any atom is -0.484 e. The van der Waals surface area contributed by atoms with E-state index in [1.807, 2.05) is 0 Å². The average Bonchev–Trinajstić information content (AvgIpc) is 1.60. The zero-order chi connectivity index (χ0) is 83.7. The molecule has 0 saturated carbocycles. The van der Waals surface area contributed by atoms with Crippen molar-refractivity contribution < 1.29 is 107 Å². The van der Waals surface area contributed by atoms with Gasteiger partial charge in [0.15, 0.2) is 86.2 Å². The third-order valence-electron chi connectivity index (χ3n) is 18.4. The predicted octanol–water partition coefficient (Wildman–Crippen LogP) is 19.1. The van der Waals surface area contributed by atoms with Crippen LogP contribution in [0.25, 0.3) is 179 Å². The van der Waals surface area contributed by atoms with Crippen LogP contribution in [-0.2, 0) is 0 Å². The van der Waals surface area contributed by atoms with E-state index in [1.165, 1.54) is 109 Å². The second kappa shape index (κ2) is 28.5. The molecule has 6 aromatic heterocycles. The first-order valence-electron chi connectivity index (χ1n) is 35.0. The van der Waals surface area contributed by atoms with Crippen molar-refractivity contribution in [2.24, 2.45) is 0 Å². The number of alkyl halides is 18. The van der Waals surface area contributed by atoms with E-state index in [9.17, 15) is 79.0 Å². The molecule has 0 saturated heterocycles. The van der Waals surface area contributed by atoms with Crippen LogP contribution in [0.15, 0.2) is 146 Å². The Labute approximate surface area is 655 Å². The molecule has 16 bridgehead atoms. The molecule has 0 amide bonds. The summed E-state index contributed by atoms with van der Waals surface area (Å²) in [4.78, 5) is 70.2. The number of aromatic nitrogens is 16. The maximum atomic E-state index is 13.6. The van der Waals surface area contributed by atoms with Gasteiger partial charge in [0.2, 0.25) is 0 Å². The minimum atomic E-state index is -4.76. The maximum absolute atomic E-state index is 13.6. The number of fused-ring (bicyclic) bond motifs is 40. The smallest absolute Gasteiger partial charge is 0.422 e. The maximum Gasteiger partial charge on any atom is 0.422 e. The Balaban J connectivity index is 0.790. The summed E-state index contributed by atoms with van der Waals surface area (Å²) >= 11 is 0. The van der Waals surface area contributed by atoms with Gasteiger partial charge in [-0.15, -0.1) is 0 Å². The molecule has 0 fully saturated rings. The predicted molar refractivity (Wildman–Crippen MR) is 395 cm³/mol. The van der Waals surface area contributed by atoms with Crippen molar-refractivity contribution in [1.82, 2.24) is 79.7 Å². The lowest BCUT2D eigenvalue weighted by molar-refractivity contribution is -0.154. The van der Waals surface area contributed by atoms with Gasteiger partial charge in [-0.2, -0.15) is 79.0 Å². The largest absolute Gasteiger partial charge is 0.484 e. The SMILES string of the molecule is FC(F)(F)COc1ccc2c(c1)-c1nc-2nc2[nH]c(nc3nc(nc4[nH]c(n1)c1ccc(C#CC#Cc5ccc6c7nc8nc(nc9[nH]c(nc%10nc(nc([nH]7)c6c5)-c5ccc(OCC(F)(F)F)cc5-%10)c5ccc(OCC(F)(F)F)cc95)-c5ccc(OCC(F)(F)F)cc5-8)cc41)-c1ccc(OCC(F)(F)F)cc1-3)c1ccc(OCC(F)(F)F)cc21. The number of nitrogens with zero attached hydrogens (tertiary/aromatic N) is 12. The number of ether oxygens (including phenoxy) is 6. The summed E-state index contributed by atoms with van der Waals surface area (Å²) in [7, 11) is 0. The topological polar surface area (TPSA) is 273 Å². The van der Waals surface area contributed by atoms with Crippen LogP contribution in [0.3, 0.4) is 0 Å². The van der Waals surface area contributed by atoms with Crippen LogP contribution >= 0.6 is 0 Å². The summed E-state index contributed by atoms with van der Waals surface area (Å²) in [6.07, 6.45) is -28.5. The molecular weight excluding hydrogens is 1620 g/mol. The van der Waals surface area contributed by atoms with Crippen molar-refractivity contribution in [3.63, 3.8) is 0 Å². The Kier molecular flexibility index (Phi) is 18.2. The zero-order valence-corrected chi connectivity index (χ0v) is 59.7. The zero-order valence-electron chi connectivity index (χ0n) is 59.7. The average molecular weight is 1660 g/mol. The summed E-state index contributed by atoms with van der Waals surface area (Å²) in [6, 6.07) is 32.7. The Hall–Kier alpha value is -14.9. The number of halogens is 18. The number of aromatic amines is 4. The fourth-order valence-electron chi connectivity index (χ4n) is 13.4. The molecule has 0 radical (unpaired) electrons. The van der Waals surface area contributed by atoms with E-state index < -0.39 is 76.7 Å². The van der Waals surface area contributed by atoms with Crippen LogP contribution in [0.2, 0.25) is 0 Å². The van der Waals surface area contributed by atoms with Gasteiger partial charge in [0, 0.05) is 98.7 Å². The molecule has 10 heterocycles. The Bertz CT molecular complexity index is 6700. The lowest BCUT2D eigenvalue weighted by Gasteiger charge is -2.10. The van der Waals surface area contributed by atoms with Gasteiger partial charge in [0.05, 0.1) is 0 Å². The number of hydrogen-bond acceptors (Lipinski definition) is 18. The van der Waals surface area contributed by atoms with Crippen LogP contribution in [-0.4, -0.2) is 156 Å². The number of nitrogens with one attached hydrogen (secondary N) is 4. The van der Waals surface area contributed by atoms with Crippen LogP contribution in [0, 0.1) is 23.7 Å². The highest BCUT2D eigenvalue weighted by molar-refractivity contribution is 6.09. The van der Waals surface area contributed by atoms with Gasteiger partial charge in [-0.25, -0.2) is 59.8 Å². The van der Waals surface area contributed by atoms with Crippen molar-refractivity contribution in [2.45, 2.75) is 37.1 Å². The molecule has 4 N–H and O–H groups in total. The normalized spacial score (nSPS) is 12.7. The Morgan fingerprint density at radius 2 is 0.400 bits per heavy atom. The van der Waals surface area contributed by atoms with Crippen molar-refractivity contribution >= 4 is 88.3 Å². The third kappa shape index (κ3) is 15.9. The molecule has 18 rings (SSSR count). The van der Waals surface area contributed by atoms with Gasteiger partial charge in [0.25, 0.3) is 0 Å².